The zero-order chi connectivity index (χ0) is 24.9. The first kappa shape index (κ1) is 26.6. The van der Waals surface area contributed by atoms with Gasteiger partial charge >= 0.3 is 0 Å². The molecule has 3 rings (SSSR count). The molecule has 2 N–H and O–H groups in total. The van der Waals surface area contributed by atoms with Gasteiger partial charge in [-0.2, -0.15) is 0 Å². The smallest absolute Gasteiger partial charge is 0.233 e. The highest BCUT2D eigenvalue weighted by atomic mass is 32.1. The molecule has 0 saturated heterocycles. The lowest BCUT2D eigenvalue weighted by Crippen LogP contribution is -2.32. The largest absolute Gasteiger partial charge is 0.355 e. The van der Waals surface area contributed by atoms with Crippen LogP contribution in [-0.2, 0) is 36.9 Å². The number of likely N-dealkylation sites (N-methyl/N-ethyl adjacent to an activating group) is 1. The minimum atomic E-state index is 0.0396. The van der Waals surface area contributed by atoms with E-state index in [4.69, 9.17) is 0 Å². The van der Waals surface area contributed by atoms with Crippen LogP contribution in [0.5, 0.6) is 0 Å². The van der Waals surface area contributed by atoms with Gasteiger partial charge in [0.2, 0.25) is 5.91 Å². The molecular formula is C29H42N2O2S. The molecule has 1 aromatic carbocycles. The Hall–Kier alpha value is -1.98. The molecule has 1 aliphatic carbocycles. The molecule has 0 fully saturated rings. The summed E-state index contributed by atoms with van der Waals surface area (Å²) in [5.74, 6) is 0.357. The molecule has 0 atom stereocenters. The van der Waals surface area contributed by atoms with E-state index >= 15 is 0 Å². The molecule has 186 valence electrons. The Morgan fingerprint density at radius 3 is 2.44 bits per heavy atom. The molecule has 5 heteroatoms. The van der Waals surface area contributed by atoms with Gasteiger partial charge in [0.25, 0.3) is 0 Å². The second-order valence-electron chi connectivity index (χ2n) is 10.6. The summed E-state index contributed by atoms with van der Waals surface area (Å²) in [4.78, 5) is 27.3. The molecule has 0 radical (unpaired) electrons. The molecule has 1 aromatic heterocycles. The average molecular weight is 483 g/mol. The van der Waals surface area contributed by atoms with E-state index in [2.05, 4.69) is 57.4 Å². The van der Waals surface area contributed by atoms with E-state index in [1.807, 2.05) is 0 Å². The third-order valence-corrected chi connectivity index (χ3v) is 8.60. The second-order valence-corrected chi connectivity index (χ2v) is 11.7. The van der Waals surface area contributed by atoms with Crippen molar-refractivity contribution >= 4 is 23.0 Å². The van der Waals surface area contributed by atoms with Crippen LogP contribution < -0.4 is 10.6 Å². The predicted octanol–water partition coefficient (Wildman–Crippen LogP) is 5.53. The van der Waals surface area contributed by atoms with E-state index in [0.29, 0.717) is 30.7 Å². The highest BCUT2D eigenvalue weighted by molar-refractivity contribution is 7.14. The number of thiophene rings is 1. The number of benzene rings is 1. The van der Waals surface area contributed by atoms with Crippen LogP contribution in [0.3, 0.4) is 0 Å². The standard InChI is InChI=1S/C29H42N2O2S/c1-7-26-24-17-29(4,5)13-12-23(24)28(34-26)25(32)11-10-21-15-19(2)22(20(3)16-21)9-8-14-31-27(33)18-30-6/h15-16,30H,7-14,17-18H2,1-6H3,(H,31,33). The van der Waals surface area contributed by atoms with E-state index in [9.17, 15) is 9.59 Å². The molecule has 1 aliphatic rings. The normalized spacial score (nSPS) is 14.6. The molecular weight excluding hydrogens is 440 g/mol. The highest BCUT2D eigenvalue weighted by Gasteiger charge is 2.31. The summed E-state index contributed by atoms with van der Waals surface area (Å²) in [5, 5.41) is 5.81. The van der Waals surface area contributed by atoms with Crippen LogP contribution in [-0.4, -0.2) is 31.8 Å². The minimum absolute atomic E-state index is 0.0396. The maximum atomic E-state index is 13.3. The first-order chi connectivity index (χ1) is 16.1. The highest BCUT2D eigenvalue weighted by Crippen LogP contribution is 2.42. The van der Waals surface area contributed by atoms with Crippen molar-refractivity contribution in [3.05, 3.63) is 55.3 Å². The summed E-state index contributed by atoms with van der Waals surface area (Å²) in [5.41, 5.74) is 8.35. The number of hydrogen-bond donors (Lipinski definition) is 2. The summed E-state index contributed by atoms with van der Waals surface area (Å²) in [7, 11) is 1.78. The number of amides is 1. The Morgan fingerprint density at radius 2 is 1.79 bits per heavy atom. The summed E-state index contributed by atoms with van der Waals surface area (Å²) in [6.07, 6.45) is 7.59. The van der Waals surface area contributed by atoms with E-state index in [-0.39, 0.29) is 5.91 Å². The number of rotatable bonds is 11. The monoisotopic (exact) mass is 482 g/mol. The number of aryl methyl sites for hydroxylation is 4. The zero-order valence-corrected chi connectivity index (χ0v) is 22.8. The van der Waals surface area contributed by atoms with E-state index < -0.39 is 0 Å². The van der Waals surface area contributed by atoms with Gasteiger partial charge in [0.05, 0.1) is 11.4 Å². The van der Waals surface area contributed by atoms with Crippen LogP contribution in [0, 0.1) is 19.3 Å². The fraction of sp³-hybridized carbons (Fsp3) is 0.586. The maximum Gasteiger partial charge on any atom is 0.233 e. The van der Waals surface area contributed by atoms with Gasteiger partial charge < -0.3 is 10.6 Å². The predicted molar refractivity (Wildman–Crippen MR) is 143 cm³/mol. The van der Waals surface area contributed by atoms with Crippen molar-refractivity contribution in [2.45, 2.75) is 86.0 Å². The number of ketones is 1. The van der Waals surface area contributed by atoms with Crippen LogP contribution in [0.4, 0.5) is 0 Å². The van der Waals surface area contributed by atoms with Crippen molar-refractivity contribution in [1.82, 2.24) is 10.6 Å². The number of nitrogens with one attached hydrogen (secondary N) is 2. The summed E-state index contributed by atoms with van der Waals surface area (Å²) in [6, 6.07) is 4.50. The van der Waals surface area contributed by atoms with Crippen molar-refractivity contribution < 1.29 is 9.59 Å². The SMILES string of the molecule is CCc1sc(C(=O)CCc2cc(C)c(CCCNC(=O)CNC)c(C)c2)c2c1CC(C)(C)CC2. The number of fused-ring (bicyclic) bond motifs is 1. The van der Waals surface area contributed by atoms with Gasteiger partial charge in [-0.05, 0) is 105 Å². The first-order valence-electron chi connectivity index (χ1n) is 12.8. The van der Waals surface area contributed by atoms with Crippen molar-refractivity contribution in [3.63, 3.8) is 0 Å². The summed E-state index contributed by atoms with van der Waals surface area (Å²) >= 11 is 1.76. The zero-order valence-electron chi connectivity index (χ0n) is 22.0. The number of carbonyl (C=O) groups is 2. The lowest BCUT2D eigenvalue weighted by Gasteiger charge is -2.30. The molecule has 1 amide bonds. The Kier molecular flexibility index (Phi) is 9.11. The van der Waals surface area contributed by atoms with E-state index in [0.717, 1.165) is 43.4 Å². The van der Waals surface area contributed by atoms with Gasteiger partial charge in [0.1, 0.15) is 0 Å². The number of hydrogen-bond acceptors (Lipinski definition) is 4. The minimum Gasteiger partial charge on any atom is -0.355 e. The van der Waals surface area contributed by atoms with Crippen molar-refractivity contribution in [1.29, 1.82) is 0 Å². The Balaban J connectivity index is 1.61. The number of carbonyl (C=O) groups excluding carboxylic acids is 2. The van der Waals surface area contributed by atoms with Crippen molar-refractivity contribution in [3.8, 4) is 0 Å². The lowest BCUT2D eigenvalue weighted by molar-refractivity contribution is -0.120. The topological polar surface area (TPSA) is 58.2 Å². The molecule has 0 bridgehead atoms. The Morgan fingerprint density at radius 1 is 1.09 bits per heavy atom. The van der Waals surface area contributed by atoms with Crippen molar-refractivity contribution in [2.24, 2.45) is 5.41 Å². The molecule has 4 nitrogen and oxygen atoms in total. The second kappa shape index (κ2) is 11.6. The van der Waals surface area contributed by atoms with Gasteiger partial charge in [-0.1, -0.05) is 32.9 Å². The average Bonchev–Trinajstić information content (AvgIpc) is 3.13. The number of Topliss-reactive ketones (excluding diaryl/α,β-unsaturated/α-hetero) is 1. The molecule has 0 aliphatic heterocycles. The van der Waals surface area contributed by atoms with Crippen LogP contribution in [0.25, 0.3) is 0 Å². The first-order valence-corrected chi connectivity index (χ1v) is 13.6. The van der Waals surface area contributed by atoms with Crippen LogP contribution in [0.1, 0.15) is 88.0 Å². The summed E-state index contributed by atoms with van der Waals surface area (Å²) in [6.45, 7) is 12.3. The van der Waals surface area contributed by atoms with E-state index in [1.54, 1.807) is 18.4 Å². The van der Waals surface area contributed by atoms with Gasteiger partial charge in [-0.25, -0.2) is 0 Å². The fourth-order valence-corrected chi connectivity index (χ4v) is 6.55. The maximum absolute atomic E-state index is 13.3. The van der Waals surface area contributed by atoms with E-state index in [1.165, 1.54) is 44.7 Å². The Labute approximate surface area is 209 Å². The van der Waals surface area contributed by atoms with Crippen molar-refractivity contribution in [2.75, 3.05) is 20.1 Å². The quantitative estimate of drug-likeness (QED) is 0.327. The van der Waals surface area contributed by atoms with Gasteiger partial charge in [-0.15, -0.1) is 11.3 Å². The van der Waals surface area contributed by atoms with Gasteiger partial charge in [0, 0.05) is 17.8 Å². The van der Waals surface area contributed by atoms with Crippen LogP contribution >= 0.6 is 11.3 Å². The molecule has 0 unspecified atom stereocenters. The molecule has 1 heterocycles. The fourth-order valence-electron chi connectivity index (χ4n) is 5.27. The summed E-state index contributed by atoms with van der Waals surface area (Å²) < 4.78 is 0. The molecule has 34 heavy (non-hydrogen) atoms. The molecule has 2 aromatic rings. The lowest BCUT2D eigenvalue weighted by atomic mass is 9.74. The van der Waals surface area contributed by atoms with Crippen LogP contribution in [0.2, 0.25) is 0 Å². The third kappa shape index (κ3) is 6.57. The Bertz CT molecular complexity index is 1010. The van der Waals surface area contributed by atoms with Crippen LogP contribution in [0.15, 0.2) is 12.1 Å². The van der Waals surface area contributed by atoms with Gasteiger partial charge in [0.15, 0.2) is 5.78 Å². The third-order valence-electron chi connectivity index (χ3n) is 7.14. The van der Waals surface area contributed by atoms with Gasteiger partial charge in [-0.3, -0.25) is 9.59 Å². The molecule has 0 spiro atoms. The molecule has 0 saturated carbocycles.